The van der Waals surface area contributed by atoms with Gasteiger partial charge in [0.1, 0.15) is 11.0 Å². The van der Waals surface area contributed by atoms with Crippen molar-refractivity contribution in [2.24, 2.45) is 0 Å². The molecule has 112 valence electrons. The Hall–Kier alpha value is -1.86. The highest BCUT2D eigenvalue weighted by Gasteiger charge is 2.19. The van der Waals surface area contributed by atoms with Crippen LogP contribution < -0.4 is 4.90 Å². The highest BCUT2D eigenvalue weighted by atomic mass is 35.5. The molecule has 0 radical (unpaired) electrons. The van der Waals surface area contributed by atoms with Gasteiger partial charge in [0.15, 0.2) is 5.69 Å². The highest BCUT2D eigenvalue weighted by molar-refractivity contribution is 6.29. The largest absolute Gasteiger partial charge is 0.461 e. The molecule has 0 aliphatic carbocycles. The van der Waals surface area contributed by atoms with E-state index in [1.165, 1.54) is 0 Å². The molecule has 0 unspecified atom stereocenters. The smallest absolute Gasteiger partial charge is 0.358 e. The third-order valence-corrected chi connectivity index (χ3v) is 3.40. The van der Waals surface area contributed by atoms with E-state index in [2.05, 4.69) is 14.9 Å². The molecule has 0 amide bonds. The zero-order valence-corrected chi connectivity index (χ0v) is 12.3. The first kappa shape index (κ1) is 14.1. The number of hydrogen-bond acceptors (Lipinski definition) is 6. The number of ether oxygens (including phenoxy) is 2. The second kappa shape index (κ2) is 5.87. The van der Waals surface area contributed by atoms with Crippen LogP contribution in [0.2, 0.25) is 5.15 Å². The average molecular weight is 311 g/mol. The number of anilines is 1. The molecule has 7 nitrogen and oxygen atoms in total. The molecule has 3 heterocycles. The molecule has 1 aliphatic heterocycles. The fourth-order valence-electron chi connectivity index (χ4n) is 2.26. The number of morpholine rings is 1. The van der Waals surface area contributed by atoms with Gasteiger partial charge in [-0.1, -0.05) is 11.6 Å². The molecule has 1 saturated heterocycles. The van der Waals surface area contributed by atoms with Crippen molar-refractivity contribution in [1.29, 1.82) is 0 Å². The summed E-state index contributed by atoms with van der Waals surface area (Å²) in [7, 11) is 0. The first-order valence-corrected chi connectivity index (χ1v) is 7.12. The van der Waals surface area contributed by atoms with Gasteiger partial charge in [-0.25, -0.2) is 14.8 Å². The molecule has 2 aromatic rings. The fourth-order valence-corrected chi connectivity index (χ4v) is 2.43. The third kappa shape index (κ3) is 2.79. The lowest BCUT2D eigenvalue weighted by Gasteiger charge is -2.29. The lowest BCUT2D eigenvalue weighted by molar-refractivity contribution is 0.0520. The second-order valence-electron chi connectivity index (χ2n) is 4.55. The van der Waals surface area contributed by atoms with Gasteiger partial charge < -0.3 is 14.4 Å². The number of nitrogens with zero attached hydrogens (tertiary/aromatic N) is 4. The van der Waals surface area contributed by atoms with Gasteiger partial charge in [-0.2, -0.15) is 0 Å². The summed E-state index contributed by atoms with van der Waals surface area (Å²) < 4.78 is 12.1. The van der Waals surface area contributed by atoms with Crippen molar-refractivity contribution in [3.8, 4) is 0 Å². The Morgan fingerprint density at radius 2 is 2.19 bits per heavy atom. The van der Waals surface area contributed by atoms with Crippen molar-refractivity contribution in [1.82, 2.24) is 14.4 Å². The maximum absolute atomic E-state index is 11.8. The number of hydrogen-bond donors (Lipinski definition) is 0. The molecular weight excluding hydrogens is 296 g/mol. The van der Waals surface area contributed by atoms with E-state index >= 15 is 0 Å². The number of imidazole rings is 1. The van der Waals surface area contributed by atoms with E-state index in [9.17, 15) is 4.79 Å². The summed E-state index contributed by atoms with van der Waals surface area (Å²) in [6, 6.07) is 1.76. The summed E-state index contributed by atoms with van der Waals surface area (Å²) in [5.41, 5.74) is 0.223. The molecule has 21 heavy (non-hydrogen) atoms. The van der Waals surface area contributed by atoms with Crippen molar-refractivity contribution >= 4 is 29.2 Å². The van der Waals surface area contributed by atoms with Crippen LogP contribution in [0.5, 0.6) is 0 Å². The summed E-state index contributed by atoms with van der Waals surface area (Å²) in [6.07, 6.45) is 1.63. The molecule has 1 fully saturated rings. The van der Waals surface area contributed by atoms with Crippen LogP contribution >= 0.6 is 11.6 Å². The lowest BCUT2D eigenvalue weighted by atomic mass is 10.4. The van der Waals surface area contributed by atoms with Crippen LogP contribution in [0.1, 0.15) is 17.4 Å². The number of esters is 1. The van der Waals surface area contributed by atoms with Gasteiger partial charge in [0.25, 0.3) is 0 Å². The Balaban J connectivity index is 2.04. The molecule has 0 atom stereocenters. The Labute approximate surface area is 126 Å². The normalized spacial score (nSPS) is 15.4. The van der Waals surface area contributed by atoms with E-state index in [0.717, 1.165) is 18.9 Å². The minimum Gasteiger partial charge on any atom is -0.461 e. The van der Waals surface area contributed by atoms with Crippen molar-refractivity contribution in [2.75, 3.05) is 37.8 Å². The van der Waals surface area contributed by atoms with Crippen molar-refractivity contribution in [3.63, 3.8) is 0 Å². The van der Waals surface area contributed by atoms with Crippen LogP contribution in [-0.2, 0) is 9.47 Å². The van der Waals surface area contributed by atoms with Gasteiger partial charge in [-0.3, -0.25) is 4.40 Å². The van der Waals surface area contributed by atoms with Crippen LogP contribution in [-0.4, -0.2) is 53.2 Å². The third-order valence-electron chi connectivity index (χ3n) is 3.21. The van der Waals surface area contributed by atoms with Crippen molar-refractivity contribution in [3.05, 3.63) is 23.1 Å². The van der Waals surface area contributed by atoms with E-state index in [4.69, 9.17) is 21.1 Å². The van der Waals surface area contributed by atoms with Crippen LogP contribution in [0.15, 0.2) is 12.3 Å². The van der Waals surface area contributed by atoms with Crippen molar-refractivity contribution < 1.29 is 14.3 Å². The molecular formula is C13H15ClN4O3. The zero-order chi connectivity index (χ0) is 14.8. The maximum atomic E-state index is 11.8. The molecule has 3 rings (SSSR count). The van der Waals surface area contributed by atoms with E-state index in [-0.39, 0.29) is 5.69 Å². The van der Waals surface area contributed by atoms with Crippen LogP contribution in [0.25, 0.3) is 5.78 Å². The predicted octanol–water partition coefficient (Wildman–Crippen LogP) is 1.40. The van der Waals surface area contributed by atoms with Gasteiger partial charge in [-0.05, 0) is 6.92 Å². The molecule has 0 N–H and O–H groups in total. The summed E-state index contributed by atoms with van der Waals surface area (Å²) in [5.74, 6) is 0.760. The highest BCUT2D eigenvalue weighted by Crippen LogP contribution is 2.22. The zero-order valence-electron chi connectivity index (χ0n) is 11.6. The number of carbonyl (C=O) groups excluding carboxylic acids is 1. The van der Waals surface area contributed by atoms with Crippen LogP contribution in [0, 0.1) is 0 Å². The lowest BCUT2D eigenvalue weighted by Crippen LogP contribution is -2.37. The van der Waals surface area contributed by atoms with E-state index in [1.807, 2.05) is 0 Å². The topological polar surface area (TPSA) is 69.0 Å². The number of rotatable bonds is 3. The fraction of sp³-hybridized carbons (Fsp3) is 0.462. The average Bonchev–Trinajstić information content (AvgIpc) is 2.91. The summed E-state index contributed by atoms with van der Waals surface area (Å²) in [6.45, 7) is 4.87. The Kier molecular flexibility index (Phi) is 3.94. The minimum absolute atomic E-state index is 0.223. The van der Waals surface area contributed by atoms with Crippen LogP contribution in [0.4, 0.5) is 5.82 Å². The first-order valence-electron chi connectivity index (χ1n) is 6.74. The maximum Gasteiger partial charge on any atom is 0.358 e. The van der Waals surface area contributed by atoms with Gasteiger partial charge in [0, 0.05) is 25.4 Å². The van der Waals surface area contributed by atoms with Gasteiger partial charge >= 0.3 is 5.97 Å². The van der Waals surface area contributed by atoms with Crippen molar-refractivity contribution in [2.45, 2.75) is 6.92 Å². The standard InChI is InChI=1S/C13H15ClN4O3/c1-2-21-12(19)9-8-18-11(17-3-5-20-6-4-17)7-10(14)16-13(18)15-9/h7-8H,2-6H2,1H3. The molecule has 1 aliphatic rings. The predicted molar refractivity (Wildman–Crippen MR) is 77.0 cm³/mol. The first-order chi connectivity index (χ1) is 10.2. The van der Waals surface area contributed by atoms with Gasteiger partial charge in [-0.15, -0.1) is 0 Å². The molecule has 2 aromatic heterocycles. The summed E-state index contributed by atoms with van der Waals surface area (Å²) >= 11 is 6.05. The number of aromatic nitrogens is 3. The second-order valence-corrected chi connectivity index (χ2v) is 4.94. The SMILES string of the molecule is CCOC(=O)c1cn2c(N3CCOCC3)cc(Cl)nc2n1. The van der Waals surface area contributed by atoms with E-state index in [1.54, 1.807) is 23.6 Å². The van der Waals surface area contributed by atoms with E-state index < -0.39 is 5.97 Å². The summed E-state index contributed by atoms with van der Waals surface area (Å²) in [5, 5.41) is 0.338. The Morgan fingerprint density at radius 3 is 2.90 bits per heavy atom. The quantitative estimate of drug-likeness (QED) is 0.630. The molecule has 0 aromatic carbocycles. The van der Waals surface area contributed by atoms with Crippen LogP contribution in [0.3, 0.4) is 0 Å². The van der Waals surface area contributed by atoms with Gasteiger partial charge in [0.2, 0.25) is 5.78 Å². The number of halogens is 1. The van der Waals surface area contributed by atoms with E-state index in [0.29, 0.717) is 30.8 Å². The Bertz CT molecular complexity index is 667. The monoisotopic (exact) mass is 310 g/mol. The molecule has 0 saturated carbocycles. The number of carbonyl (C=O) groups is 1. The molecule has 0 spiro atoms. The van der Waals surface area contributed by atoms with Gasteiger partial charge in [0.05, 0.1) is 19.8 Å². The molecule has 0 bridgehead atoms. The molecule has 8 heteroatoms. The Morgan fingerprint density at radius 1 is 1.43 bits per heavy atom. The number of fused-ring (bicyclic) bond motifs is 1. The summed E-state index contributed by atoms with van der Waals surface area (Å²) in [4.78, 5) is 22.2. The minimum atomic E-state index is -0.466.